The summed E-state index contributed by atoms with van der Waals surface area (Å²) in [5.74, 6) is -2.01. The number of halogens is 2. The fourth-order valence-corrected chi connectivity index (χ4v) is 3.87. The van der Waals surface area contributed by atoms with Gasteiger partial charge in [0.15, 0.2) is 0 Å². The van der Waals surface area contributed by atoms with Gasteiger partial charge < -0.3 is 4.90 Å². The van der Waals surface area contributed by atoms with Crippen LogP contribution < -0.4 is 4.72 Å². The standard InChI is InChI=1S/C15H20F2N2O3S/c1-9(2)15(20)19-5-4-11(8-19)18-23(21,22)14-7-12(16)10(3)6-13(14)17/h6-7,9,11,18H,4-5,8H2,1-3H3/t11-/m0/s1. The van der Waals surface area contributed by atoms with Crippen molar-refractivity contribution in [1.29, 1.82) is 0 Å². The van der Waals surface area contributed by atoms with Crippen LogP contribution in [-0.2, 0) is 14.8 Å². The van der Waals surface area contributed by atoms with Crippen LogP contribution in [-0.4, -0.2) is 38.4 Å². The molecule has 0 aliphatic carbocycles. The van der Waals surface area contributed by atoms with Crippen molar-refractivity contribution in [3.63, 3.8) is 0 Å². The maximum atomic E-state index is 13.9. The number of hydrogen-bond donors (Lipinski definition) is 1. The van der Waals surface area contributed by atoms with Gasteiger partial charge in [-0.3, -0.25) is 4.79 Å². The topological polar surface area (TPSA) is 66.5 Å². The van der Waals surface area contributed by atoms with Gasteiger partial charge in [-0.05, 0) is 31.0 Å². The van der Waals surface area contributed by atoms with E-state index in [1.54, 1.807) is 18.7 Å². The number of nitrogens with zero attached hydrogens (tertiary/aromatic N) is 1. The van der Waals surface area contributed by atoms with Gasteiger partial charge in [-0.1, -0.05) is 13.8 Å². The first-order valence-electron chi connectivity index (χ1n) is 7.38. The molecule has 0 aromatic heterocycles. The first-order valence-corrected chi connectivity index (χ1v) is 8.87. The van der Waals surface area contributed by atoms with Gasteiger partial charge in [0, 0.05) is 25.0 Å². The van der Waals surface area contributed by atoms with E-state index in [4.69, 9.17) is 0 Å². The van der Waals surface area contributed by atoms with Crippen molar-refractivity contribution in [3.8, 4) is 0 Å². The smallest absolute Gasteiger partial charge is 0.243 e. The Morgan fingerprint density at radius 3 is 2.57 bits per heavy atom. The normalized spacial score (nSPS) is 18.7. The van der Waals surface area contributed by atoms with Crippen molar-refractivity contribution in [2.75, 3.05) is 13.1 Å². The molecular formula is C15H20F2N2O3S. The molecule has 0 saturated carbocycles. The van der Waals surface area contributed by atoms with Gasteiger partial charge in [0.25, 0.3) is 0 Å². The Hall–Kier alpha value is -1.54. The van der Waals surface area contributed by atoms with Crippen LogP contribution in [0.25, 0.3) is 0 Å². The molecule has 1 atom stereocenters. The van der Waals surface area contributed by atoms with Crippen LogP contribution in [0.3, 0.4) is 0 Å². The zero-order valence-electron chi connectivity index (χ0n) is 13.3. The van der Waals surface area contributed by atoms with E-state index in [1.165, 1.54) is 6.92 Å². The van der Waals surface area contributed by atoms with Crippen molar-refractivity contribution in [2.24, 2.45) is 5.92 Å². The zero-order chi connectivity index (χ0) is 17.4. The third-order valence-corrected chi connectivity index (χ3v) is 5.35. The molecular weight excluding hydrogens is 326 g/mol. The van der Waals surface area contributed by atoms with E-state index in [2.05, 4.69) is 4.72 Å². The zero-order valence-corrected chi connectivity index (χ0v) is 14.1. The predicted molar refractivity (Wildman–Crippen MR) is 81.2 cm³/mol. The molecule has 1 N–H and O–H groups in total. The molecule has 128 valence electrons. The van der Waals surface area contributed by atoms with Crippen molar-refractivity contribution in [2.45, 2.75) is 38.1 Å². The summed E-state index contributed by atoms with van der Waals surface area (Å²) < 4.78 is 54.3. The van der Waals surface area contributed by atoms with Crippen molar-refractivity contribution < 1.29 is 22.0 Å². The maximum absolute atomic E-state index is 13.9. The lowest BCUT2D eigenvalue weighted by Crippen LogP contribution is -2.39. The van der Waals surface area contributed by atoms with E-state index in [0.717, 1.165) is 6.07 Å². The number of carbonyl (C=O) groups is 1. The van der Waals surface area contributed by atoms with Crippen molar-refractivity contribution >= 4 is 15.9 Å². The molecule has 1 aliphatic rings. The van der Waals surface area contributed by atoms with Gasteiger partial charge in [-0.25, -0.2) is 21.9 Å². The number of likely N-dealkylation sites (tertiary alicyclic amines) is 1. The molecule has 1 aromatic carbocycles. The molecule has 1 aromatic rings. The minimum atomic E-state index is -4.19. The number of carbonyl (C=O) groups excluding carboxylic acids is 1. The van der Waals surface area contributed by atoms with Gasteiger partial charge in [0.2, 0.25) is 15.9 Å². The maximum Gasteiger partial charge on any atom is 0.243 e. The highest BCUT2D eigenvalue weighted by Gasteiger charge is 2.31. The monoisotopic (exact) mass is 346 g/mol. The number of aryl methyl sites for hydroxylation is 1. The van der Waals surface area contributed by atoms with E-state index in [-0.39, 0.29) is 23.9 Å². The minimum absolute atomic E-state index is 0.0380. The lowest BCUT2D eigenvalue weighted by molar-refractivity contribution is -0.133. The van der Waals surface area contributed by atoms with E-state index in [9.17, 15) is 22.0 Å². The fraction of sp³-hybridized carbons (Fsp3) is 0.533. The van der Waals surface area contributed by atoms with Gasteiger partial charge in [-0.15, -0.1) is 0 Å². The average Bonchev–Trinajstić information content (AvgIpc) is 2.89. The van der Waals surface area contributed by atoms with Crippen LogP contribution in [0, 0.1) is 24.5 Å². The Bertz CT molecular complexity index is 720. The average molecular weight is 346 g/mol. The highest BCUT2D eigenvalue weighted by atomic mass is 32.2. The highest BCUT2D eigenvalue weighted by molar-refractivity contribution is 7.89. The lowest BCUT2D eigenvalue weighted by Gasteiger charge is -2.19. The third-order valence-electron chi connectivity index (χ3n) is 3.82. The molecule has 5 nitrogen and oxygen atoms in total. The van der Waals surface area contributed by atoms with Crippen LogP contribution in [0.4, 0.5) is 8.78 Å². The van der Waals surface area contributed by atoms with Crippen molar-refractivity contribution in [1.82, 2.24) is 9.62 Å². The summed E-state index contributed by atoms with van der Waals surface area (Å²) in [7, 11) is -4.19. The van der Waals surface area contributed by atoms with Gasteiger partial charge in [0.1, 0.15) is 16.5 Å². The number of rotatable bonds is 4. The quantitative estimate of drug-likeness (QED) is 0.904. The summed E-state index contributed by atoms with van der Waals surface area (Å²) >= 11 is 0. The summed E-state index contributed by atoms with van der Waals surface area (Å²) in [4.78, 5) is 12.8. The summed E-state index contributed by atoms with van der Waals surface area (Å²) in [6.45, 7) is 5.56. The molecule has 0 spiro atoms. The Morgan fingerprint density at radius 1 is 1.30 bits per heavy atom. The summed E-state index contributed by atoms with van der Waals surface area (Å²) in [6, 6.07) is 1.03. The predicted octanol–water partition coefficient (Wildman–Crippen LogP) is 1.81. The fourth-order valence-electron chi connectivity index (χ4n) is 2.54. The Morgan fingerprint density at radius 2 is 1.96 bits per heavy atom. The summed E-state index contributed by atoms with van der Waals surface area (Å²) in [5, 5.41) is 0. The van der Waals surface area contributed by atoms with Crippen molar-refractivity contribution in [3.05, 3.63) is 29.3 Å². The summed E-state index contributed by atoms with van der Waals surface area (Å²) in [6.07, 6.45) is 0.438. The van der Waals surface area contributed by atoms with Crippen LogP contribution in [0.2, 0.25) is 0 Å². The molecule has 8 heteroatoms. The molecule has 1 aliphatic heterocycles. The van der Waals surface area contributed by atoms with E-state index < -0.39 is 32.6 Å². The lowest BCUT2D eigenvalue weighted by atomic mass is 10.2. The third kappa shape index (κ3) is 3.87. The van der Waals surface area contributed by atoms with E-state index >= 15 is 0 Å². The van der Waals surface area contributed by atoms with Crippen LogP contribution in [0.5, 0.6) is 0 Å². The van der Waals surface area contributed by atoms with Crippen LogP contribution >= 0.6 is 0 Å². The molecule has 2 rings (SSSR count). The molecule has 1 fully saturated rings. The molecule has 1 heterocycles. The SMILES string of the molecule is Cc1cc(F)c(S(=O)(=O)N[C@H]2CCN(C(=O)C(C)C)C2)cc1F. The second-order valence-electron chi connectivity index (χ2n) is 6.08. The first-order chi connectivity index (χ1) is 10.6. The van der Waals surface area contributed by atoms with Gasteiger partial charge in [-0.2, -0.15) is 0 Å². The Balaban J connectivity index is 2.14. The largest absolute Gasteiger partial charge is 0.341 e. The van der Waals surface area contributed by atoms with Crippen LogP contribution in [0.1, 0.15) is 25.8 Å². The number of nitrogens with one attached hydrogen (secondary N) is 1. The molecule has 1 saturated heterocycles. The van der Waals surface area contributed by atoms with E-state index in [0.29, 0.717) is 19.0 Å². The number of benzene rings is 1. The summed E-state index contributed by atoms with van der Waals surface area (Å²) in [5.41, 5.74) is 0.0380. The first kappa shape index (κ1) is 17.8. The second-order valence-corrected chi connectivity index (χ2v) is 7.76. The molecule has 0 radical (unpaired) electrons. The molecule has 0 bridgehead atoms. The van der Waals surface area contributed by atoms with E-state index in [1.807, 2.05) is 0 Å². The number of hydrogen-bond acceptors (Lipinski definition) is 3. The van der Waals surface area contributed by atoms with Gasteiger partial charge >= 0.3 is 0 Å². The van der Waals surface area contributed by atoms with Gasteiger partial charge in [0.05, 0.1) is 0 Å². The minimum Gasteiger partial charge on any atom is -0.341 e. The molecule has 1 amide bonds. The Kier molecular flexibility index (Phi) is 5.05. The number of sulfonamides is 1. The van der Waals surface area contributed by atoms with Crippen LogP contribution in [0.15, 0.2) is 17.0 Å². The molecule has 23 heavy (non-hydrogen) atoms. The molecule has 0 unspecified atom stereocenters. The highest BCUT2D eigenvalue weighted by Crippen LogP contribution is 2.21. The second kappa shape index (κ2) is 6.52. The number of amides is 1. The Labute approximate surface area is 134 Å².